The quantitative estimate of drug-likeness (QED) is 0.519. The van der Waals surface area contributed by atoms with Crippen molar-refractivity contribution in [3.63, 3.8) is 0 Å². The highest BCUT2D eigenvalue weighted by Crippen LogP contribution is 2.26. The maximum atomic E-state index is 12.2. The van der Waals surface area contributed by atoms with Gasteiger partial charge in [-0.1, -0.05) is 58.4 Å². The molecular weight excluding hydrogens is 374 g/mol. The van der Waals surface area contributed by atoms with Crippen LogP contribution in [0.5, 0.6) is 0 Å². The minimum atomic E-state index is -0.305. The monoisotopic (exact) mass is 383 g/mol. The Morgan fingerprint density at radius 2 is 1.70 bits per heavy atom. The van der Waals surface area contributed by atoms with Crippen molar-refractivity contribution in [1.29, 1.82) is 0 Å². The van der Waals surface area contributed by atoms with Gasteiger partial charge in [0, 0.05) is 21.0 Å². The SMILES string of the molecule is O=c1nc2scc(-c3ccc(Br)cc3)n2nc1-c1ccccc1. The number of halogens is 1. The first-order valence-corrected chi connectivity index (χ1v) is 8.59. The summed E-state index contributed by atoms with van der Waals surface area (Å²) in [4.78, 5) is 17.0. The van der Waals surface area contributed by atoms with Crippen molar-refractivity contribution in [3.8, 4) is 22.5 Å². The van der Waals surface area contributed by atoms with Gasteiger partial charge in [0.1, 0.15) is 0 Å². The third-order valence-corrected chi connectivity index (χ3v) is 4.82. The van der Waals surface area contributed by atoms with Crippen LogP contribution >= 0.6 is 27.3 Å². The lowest BCUT2D eigenvalue weighted by Crippen LogP contribution is -2.14. The first-order chi connectivity index (χ1) is 11.2. The molecular formula is C17H10BrN3OS. The zero-order valence-electron chi connectivity index (χ0n) is 11.8. The first-order valence-electron chi connectivity index (χ1n) is 6.92. The summed E-state index contributed by atoms with van der Waals surface area (Å²) in [7, 11) is 0. The van der Waals surface area contributed by atoms with E-state index < -0.39 is 0 Å². The molecule has 4 rings (SSSR count). The predicted octanol–water partition coefficient (Wildman–Crippen LogP) is 4.25. The summed E-state index contributed by atoms with van der Waals surface area (Å²) in [5.41, 5.74) is 2.77. The molecule has 2 aromatic carbocycles. The van der Waals surface area contributed by atoms with Gasteiger partial charge in [0.05, 0.1) is 5.69 Å². The Kier molecular flexibility index (Phi) is 3.55. The molecule has 0 N–H and O–H groups in total. The molecule has 23 heavy (non-hydrogen) atoms. The van der Waals surface area contributed by atoms with Crippen LogP contribution in [0.15, 0.2) is 69.2 Å². The molecule has 2 aromatic heterocycles. The smallest absolute Gasteiger partial charge is 0.265 e. The molecule has 0 aliphatic rings. The highest BCUT2D eigenvalue weighted by atomic mass is 79.9. The summed E-state index contributed by atoms with van der Waals surface area (Å²) in [6.45, 7) is 0. The molecule has 0 unspecified atom stereocenters. The molecule has 0 saturated heterocycles. The van der Waals surface area contributed by atoms with Crippen LogP contribution in [0.1, 0.15) is 0 Å². The average molecular weight is 384 g/mol. The van der Waals surface area contributed by atoms with E-state index in [9.17, 15) is 4.79 Å². The third kappa shape index (κ3) is 2.60. The van der Waals surface area contributed by atoms with Crippen LogP contribution in [0.2, 0.25) is 0 Å². The average Bonchev–Trinajstić information content (AvgIpc) is 2.98. The van der Waals surface area contributed by atoms with E-state index in [-0.39, 0.29) is 5.56 Å². The summed E-state index contributed by atoms with van der Waals surface area (Å²) in [5, 5.41) is 6.51. The van der Waals surface area contributed by atoms with Crippen LogP contribution in [0.25, 0.3) is 27.5 Å². The van der Waals surface area contributed by atoms with Gasteiger partial charge in [0.2, 0.25) is 4.96 Å². The lowest BCUT2D eigenvalue weighted by atomic mass is 10.2. The van der Waals surface area contributed by atoms with Crippen molar-refractivity contribution in [2.24, 2.45) is 0 Å². The Morgan fingerprint density at radius 3 is 2.43 bits per heavy atom. The lowest BCUT2D eigenvalue weighted by molar-refractivity contribution is 0.914. The zero-order chi connectivity index (χ0) is 15.8. The number of aromatic nitrogens is 3. The topological polar surface area (TPSA) is 47.3 Å². The molecule has 0 atom stereocenters. The number of nitrogens with zero attached hydrogens (tertiary/aromatic N) is 3. The van der Waals surface area contributed by atoms with Crippen molar-refractivity contribution in [1.82, 2.24) is 14.6 Å². The Hall–Kier alpha value is -2.31. The van der Waals surface area contributed by atoms with Crippen molar-refractivity contribution in [3.05, 3.63) is 74.8 Å². The molecule has 0 amide bonds. The van der Waals surface area contributed by atoms with Crippen molar-refractivity contribution < 1.29 is 0 Å². The maximum absolute atomic E-state index is 12.2. The summed E-state index contributed by atoms with van der Waals surface area (Å²) < 4.78 is 2.75. The predicted molar refractivity (Wildman–Crippen MR) is 95.7 cm³/mol. The van der Waals surface area contributed by atoms with Gasteiger partial charge in [0.25, 0.3) is 0 Å². The van der Waals surface area contributed by atoms with E-state index in [1.807, 2.05) is 60.0 Å². The first kappa shape index (κ1) is 14.3. The van der Waals surface area contributed by atoms with Gasteiger partial charge in [-0.15, -0.1) is 11.3 Å². The Morgan fingerprint density at radius 1 is 0.957 bits per heavy atom. The van der Waals surface area contributed by atoms with Gasteiger partial charge >= 0.3 is 5.56 Å². The number of benzene rings is 2. The second-order valence-corrected chi connectivity index (χ2v) is 6.71. The van der Waals surface area contributed by atoms with Gasteiger partial charge in [-0.3, -0.25) is 4.79 Å². The largest absolute Gasteiger partial charge is 0.300 e. The van der Waals surface area contributed by atoms with Gasteiger partial charge in [-0.2, -0.15) is 10.1 Å². The van der Waals surface area contributed by atoms with E-state index >= 15 is 0 Å². The summed E-state index contributed by atoms with van der Waals surface area (Å²) in [6, 6.07) is 17.4. The fourth-order valence-corrected chi connectivity index (χ4v) is 3.44. The molecule has 4 aromatic rings. The number of fused-ring (bicyclic) bond motifs is 1. The van der Waals surface area contributed by atoms with Crippen molar-refractivity contribution in [2.45, 2.75) is 0 Å². The molecule has 0 aliphatic carbocycles. The van der Waals surface area contributed by atoms with E-state index in [0.29, 0.717) is 10.7 Å². The number of thiazole rings is 1. The standard InChI is InChI=1S/C17H10BrN3OS/c18-13-8-6-11(7-9-13)14-10-23-17-19-16(22)15(20-21(14)17)12-4-2-1-3-5-12/h1-10H. The highest BCUT2D eigenvalue weighted by molar-refractivity contribution is 9.10. The highest BCUT2D eigenvalue weighted by Gasteiger charge is 2.13. The minimum Gasteiger partial charge on any atom is -0.265 e. The van der Waals surface area contributed by atoms with E-state index in [1.54, 1.807) is 4.52 Å². The molecule has 2 heterocycles. The van der Waals surface area contributed by atoms with Crippen LogP contribution < -0.4 is 5.56 Å². The zero-order valence-corrected chi connectivity index (χ0v) is 14.2. The van der Waals surface area contributed by atoms with Crippen LogP contribution in [-0.4, -0.2) is 14.6 Å². The van der Waals surface area contributed by atoms with Crippen LogP contribution in [0.3, 0.4) is 0 Å². The molecule has 6 heteroatoms. The maximum Gasteiger partial charge on any atom is 0.300 e. The van der Waals surface area contributed by atoms with E-state index in [1.165, 1.54) is 11.3 Å². The molecule has 0 spiro atoms. The normalized spacial score (nSPS) is 11.0. The number of hydrogen-bond donors (Lipinski definition) is 0. The van der Waals surface area contributed by atoms with E-state index in [4.69, 9.17) is 0 Å². The molecule has 112 valence electrons. The Bertz CT molecular complexity index is 1040. The van der Waals surface area contributed by atoms with E-state index in [2.05, 4.69) is 26.0 Å². The summed E-state index contributed by atoms with van der Waals surface area (Å²) in [6.07, 6.45) is 0. The third-order valence-electron chi connectivity index (χ3n) is 3.47. The molecule has 0 radical (unpaired) electrons. The van der Waals surface area contributed by atoms with Gasteiger partial charge in [-0.25, -0.2) is 4.52 Å². The molecule has 0 saturated carbocycles. The van der Waals surface area contributed by atoms with Crippen molar-refractivity contribution >= 4 is 32.2 Å². The van der Waals surface area contributed by atoms with Crippen LogP contribution in [0, 0.1) is 0 Å². The Labute approximate surface area is 144 Å². The summed E-state index contributed by atoms with van der Waals surface area (Å²) in [5.74, 6) is 0. The van der Waals surface area contributed by atoms with Gasteiger partial charge in [-0.05, 0) is 12.1 Å². The van der Waals surface area contributed by atoms with Crippen LogP contribution in [0.4, 0.5) is 0 Å². The van der Waals surface area contributed by atoms with E-state index in [0.717, 1.165) is 21.3 Å². The second kappa shape index (κ2) is 5.72. The lowest BCUT2D eigenvalue weighted by Gasteiger charge is -2.04. The van der Waals surface area contributed by atoms with Crippen molar-refractivity contribution in [2.75, 3.05) is 0 Å². The minimum absolute atomic E-state index is 0.305. The molecule has 0 aliphatic heterocycles. The van der Waals surface area contributed by atoms with Gasteiger partial charge < -0.3 is 0 Å². The molecule has 0 fully saturated rings. The Balaban J connectivity index is 1.95. The fraction of sp³-hybridized carbons (Fsp3) is 0. The molecule has 0 bridgehead atoms. The number of rotatable bonds is 2. The number of hydrogen-bond acceptors (Lipinski definition) is 4. The second-order valence-electron chi connectivity index (χ2n) is 4.95. The molecule has 4 nitrogen and oxygen atoms in total. The summed E-state index contributed by atoms with van der Waals surface area (Å²) >= 11 is 4.85. The van der Waals surface area contributed by atoms with Gasteiger partial charge in [0.15, 0.2) is 5.69 Å². The van der Waals surface area contributed by atoms with Crippen LogP contribution in [-0.2, 0) is 0 Å². The fourth-order valence-electron chi connectivity index (χ4n) is 2.35.